The Labute approximate surface area is 204 Å². The quantitative estimate of drug-likeness (QED) is 0.337. The van der Waals surface area contributed by atoms with Crippen molar-refractivity contribution in [3.8, 4) is 32.3 Å². The predicted octanol–water partition coefficient (Wildman–Crippen LogP) is 5.62. The van der Waals surface area contributed by atoms with Crippen LogP contribution >= 0.6 is 34.5 Å². The van der Waals surface area contributed by atoms with Crippen LogP contribution in [0.4, 0.5) is 11.5 Å². The maximum Gasteiger partial charge on any atom is 0.239 e. The number of nitrogens with zero attached hydrogens (tertiary/aromatic N) is 5. The number of likely N-dealkylation sites (N-methyl/N-ethyl adjacent to an activating group) is 1. The van der Waals surface area contributed by atoms with E-state index < -0.39 is 0 Å². The molecule has 0 bridgehead atoms. The average Bonchev–Trinajstić information content (AvgIpc) is 3.41. The molecule has 0 unspecified atom stereocenters. The van der Waals surface area contributed by atoms with Crippen molar-refractivity contribution in [2.45, 2.75) is 0 Å². The normalized spacial score (nSPS) is 10.9. The molecule has 8 nitrogen and oxygen atoms in total. The molecule has 0 atom stereocenters. The van der Waals surface area contributed by atoms with Crippen LogP contribution in [-0.4, -0.2) is 51.6 Å². The Morgan fingerprint density at radius 1 is 1.21 bits per heavy atom. The molecule has 2 N–H and O–H groups in total. The molecule has 1 amide bonds. The van der Waals surface area contributed by atoms with Crippen LogP contribution in [0.2, 0.25) is 10.0 Å². The van der Waals surface area contributed by atoms with Gasteiger partial charge in [0.1, 0.15) is 12.1 Å². The van der Waals surface area contributed by atoms with Crippen molar-refractivity contribution >= 4 is 52.0 Å². The molecular weight excluding hydrogens is 481 g/mol. The van der Waals surface area contributed by atoms with Gasteiger partial charge >= 0.3 is 0 Å². The highest BCUT2D eigenvalue weighted by molar-refractivity contribution is 7.20. The van der Waals surface area contributed by atoms with Crippen LogP contribution in [0.3, 0.4) is 0 Å². The molecule has 11 heteroatoms. The minimum atomic E-state index is -0.183. The molecular formula is C22H17Cl2N7OS. The van der Waals surface area contributed by atoms with E-state index in [-0.39, 0.29) is 12.5 Å². The lowest BCUT2D eigenvalue weighted by Gasteiger charge is -2.10. The summed E-state index contributed by atoms with van der Waals surface area (Å²) >= 11 is 14.0. The highest BCUT2D eigenvalue weighted by atomic mass is 35.5. The topological polar surface area (TPSA) is 91.2 Å². The van der Waals surface area contributed by atoms with E-state index in [4.69, 9.17) is 29.8 Å². The lowest BCUT2D eigenvalue weighted by atomic mass is 10.0. The van der Waals surface area contributed by atoms with E-state index in [0.29, 0.717) is 48.3 Å². The number of aromatic nitrogens is 4. The van der Waals surface area contributed by atoms with Gasteiger partial charge in [-0.1, -0.05) is 29.3 Å². The molecule has 0 radical (unpaired) electrons. The summed E-state index contributed by atoms with van der Waals surface area (Å²) in [7, 11) is 3.62. The summed E-state index contributed by atoms with van der Waals surface area (Å²) in [6, 6.07) is 8.68. The minimum Gasteiger partial charge on any atom is -0.310 e. The standard InChI is InChI=1S/C22H17Cl2N7OS/c1-25-19-18(14-5-4-13(23)9-15(14)24)21(22-27-11-28-30-22)33-20(19)12-6-7-26-16(8-12)29-17(32)10-31(2)3/h4-9,11H,10H2,2-3H3,(H,26,29,32)(H,27,28,30). The Morgan fingerprint density at radius 3 is 2.70 bits per heavy atom. The van der Waals surface area contributed by atoms with Gasteiger partial charge in [-0.3, -0.25) is 9.89 Å². The number of anilines is 1. The van der Waals surface area contributed by atoms with Gasteiger partial charge in [0.05, 0.1) is 18.0 Å². The fraction of sp³-hybridized carbons (Fsp3) is 0.136. The van der Waals surface area contributed by atoms with Crippen LogP contribution in [0.25, 0.3) is 37.1 Å². The first-order valence-electron chi connectivity index (χ1n) is 9.63. The molecule has 0 saturated carbocycles. The summed E-state index contributed by atoms with van der Waals surface area (Å²) in [5, 5.41) is 10.5. The van der Waals surface area contributed by atoms with Crippen LogP contribution in [0, 0.1) is 6.57 Å². The second-order valence-corrected chi connectivity index (χ2v) is 9.13. The van der Waals surface area contributed by atoms with E-state index >= 15 is 0 Å². The fourth-order valence-electron chi connectivity index (χ4n) is 3.26. The van der Waals surface area contributed by atoms with Crippen LogP contribution in [0.5, 0.6) is 0 Å². The van der Waals surface area contributed by atoms with Gasteiger partial charge in [0.15, 0.2) is 5.82 Å². The number of hydrogen-bond donors (Lipinski definition) is 2. The number of amides is 1. The third-order valence-electron chi connectivity index (χ3n) is 4.57. The zero-order valence-corrected chi connectivity index (χ0v) is 19.9. The monoisotopic (exact) mass is 497 g/mol. The number of halogens is 2. The average molecular weight is 498 g/mol. The van der Waals surface area contributed by atoms with E-state index in [9.17, 15) is 4.79 Å². The number of hydrogen-bond acceptors (Lipinski definition) is 6. The number of aromatic amines is 1. The van der Waals surface area contributed by atoms with Gasteiger partial charge in [-0.25, -0.2) is 14.8 Å². The Kier molecular flexibility index (Phi) is 6.72. The molecule has 4 aromatic rings. The molecule has 0 aliphatic rings. The molecule has 3 heterocycles. The highest BCUT2D eigenvalue weighted by Gasteiger charge is 2.25. The number of rotatable bonds is 6. The Bertz CT molecular complexity index is 1360. The van der Waals surface area contributed by atoms with Gasteiger partial charge in [0.2, 0.25) is 11.6 Å². The first kappa shape index (κ1) is 22.9. The van der Waals surface area contributed by atoms with Crippen LogP contribution < -0.4 is 5.32 Å². The van der Waals surface area contributed by atoms with E-state index in [1.165, 1.54) is 17.7 Å². The molecule has 0 aliphatic carbocycles. The van der Waals surface area contributed by atoms with E-state index in [0.717, 1.165) is 5.56 Å². The van der Waals surface area contributed by atoms with Gasteiger partial charge in [-0.15, -0.1) is 11.3 Å². The summed E-state index contributed by atoms with van der Waals surface area (Å²) < 4.78 is 0. The number of thiophene rings is 1. The van der Waals surface area contributed by atoms with Gasteiger partial charge in [-0.2, -0.15) is 5.10 Å². The second-order valence-electron chi connectivity index (χ2n) is 7.27. The van der Waals surface area contributed by atoms with E-state index in [1.54, 1.807) is 41.4 Å². The molecule has 4 rings (SSSR count). The first-order valence-corrected chi connectivity index (χ1v) is 11.2. The number of nitrogens with one attached hydrogen (secondary N) is 2. The van der Waals surface area contributed by atoms with Gasteiger partial charge in [0.25, 0.3) is 0 Å². The van der Waals surface area contributed by atoms with Crippen LogP contribution in [-0.2, 0) is 4.79 Å². The number of benzene rings is 1. The molecule has 0 saturated heterocycles. The number of carbonyl (C=O) groups excluding carboxylic acids is 1. The van der Waals surface area contributed by atoms with Crippen molar-refractivity contribution in [3.63, 3.8) is 0 Å². The molecule has 0 fully saturated rings. The third-order valence-corrected chi connectivity index (χ3v) is 6.36. The minimum absolute atomic E-state index is 0.183. The number of pyridine rings is 1. The van der Waals surface area contributed by atoms with Crippen molar-refractivity contribution in [2.75, 3.05) is 26.0 Å². The summed E-state index contributed by atoms with van der Waals surface area (Å²) in [5.41, 5.74) is 2.44. The molecule has 33 heavy (non-hydrogen) atoms. The van der Waals surface area contributed by atoms with Crippen molar-refractivity contribution in [1.29, 1.82) is 0 Å². The van der Waals surface area contributed by atoms with Crippen molar-refractivity contribution in [2.24, 2.45) is 0 Å². The van der Waals surface area contributed by atoms with Crippen molar-refractivity contribution < 1.29 is 4.79 Å². The first-order chi connectivity index (χ1) is 15.9. The smallest absolute Gasteiger partial charge is 0.239 e. The zero-order valence-electron chi connectivity index (χ0n) is 17.6. The zero-order chi connectivity index (χ0) is 23.5. The van der Waals surface area contributed by atoms with E-state index in [2.05, 4.69) is 30.3 Å². The summed E-state index contributed by atoms with van der Waals surface area (Å²) in [5.74, 6) is 0.735. The maximum atomic E-state index is 12.2. The predicted molar refractivity (Wildman–Crippen MR) is 132 cm³/mol. The summed E-state index contributed by atoms with van der Waals surface area (Å²) in [6.07, 6.45) is 3.00. The third kappa shape index (κ3) is 4.89. The van der Waals surface area contributed by atoms with Gasteiger partial charge in [-0.05, 0) is 49.5 Å². The van der Waals surface area contributed by atoms with Gasteiger partial charge in [0, 0.05) is 26.7 Å². The summed E-state index contributed by atoms with van der Waals surface area (Å²) in [4.78, 5) is 27.7. The fourth-order valence-corrected chi connectivity index (χ4v) is 4.96. The molecule has 1 aromatic carbocycles. The molecule has 0 aliphatic heterocycles. The van der Waals surface area contributed by atoms with Crippen molar-refractivity contribution in [1.82, 2.24) is 25.1 Å². The second kappa shape index (κ2) is 9.68. The SMILES string of the molecule is [C-]#[N+]c1c(-c2ccnc(NC(=O)CN(C)C)c2)sc(-c2ncn[nH]2)c1-c1ccc(Cl)cc1Cl. The highest BCUT2D eigenvalue weighted by Crippen LogP contribution is 2.53. The van der Waals surface area contributed by atoms with Crippen molar-refractivity contribution in [3.05, 3.63) is 64.3 Å². The van der Waals surface area contributed by atoms with Crippen LogP contribution in [0.1, 0.15) is 0 Å². The van der Waals surface area contributed by atoms with Gasteiger partial charge < -0.3 is 10.2 Å². The Hall–Kier alpha value is -3.29. The Balaban J connectivity index is 1.87. The lowest BCUT2D eigenvalue weighted by Crippen LogP contribution is -2.27. The van der Waals surface area contributed by atoms with Crippen LogP contribution in [0.15, 0.2) is 42.9 Å². The number of H-pyrrole nitrogens is 1. The molecule has 0 spiro atoms. The largest absolute Gasteiger partial charge is 0.310 e. The maximum absolute atomic E-state index is 12.2. The summed E-state index contributed by atoms with van der Waals surface area (Å²) in [6.45, 7) is 8.17. The Morgan fingerprint density at radius 2 is 2.03 bits per heavy atom. The van der Waals surface area contributed by atoms with E-state index in [1.807, 2.05) is 14.1 Å². The molecule has 166 valence electrons. The lowest BCUT2D eigenvalue weighted by molar-refractivity contribution is -0.116. The number of carbonyl (C=O) groups is 1. The molecule has 3 aromatic heterocycles.